The van der Waals surface area contributed by atoms with E-state index < -0.39 is 0 Å². The number of hydrogen-bond donors (Lipinski definition) is 1. The zero-order valence-electron chi connectivity index (χ0n) is 20.8. The molecular formula is C28H29ClN6O. The van der Waals surface area contributed by atoms with Crippen LogP contribution in [0, 0.1) is 0 Å². The summed E-state index contributed by atoms with van der Waals surface area (Å²) in [7, 11) is 0. The molecule has 0 bridgehead atoms. The number of benzene rings is 1. The second-order valence-corrected chi connectivity index (χ2v) is 8.37. The number of fused-ring (bicyclic) bond motifs is 1. The Morgan fingerprint density at radius 3 is 2.36 bits per heavy atom. The Balaban J connectivity index is 0.00000148. The van der Waals surface area contributed by atoms with Crippen LogP contribution in [0.5, 0.6) is 5.88 Å². The van der Waals surface area contributed by atoms with Gasteiger partial charge in [0, 0.05) is 35.6 Å². The van der Waals surface area contributed by atoms with Gasteiger partial charge in [0.2, 0.25) is 5.88 Å². The molecule has 7 nitrogen and oxygen atoms in total. The van der Waals surface area contributed by atoms with Crippen LogP contribution in [0.1, 0.15) is 33.3 Å². The van der Waals surface area contributed by atoms with Crippen molar-refractivity contribution >= 4 is 28.6 Å². The lowest BCUT2D eigenvalue weighted by atomic mass is 10.2. The molecule has 4 heterocycles. The van der Waals surface area contributed by atoms with E-state index in [1.54, 1.807) is 12.4 Å². The molecule has 4 aromatic heterocycles. The summed E-state index contributed by atoms with van der Waals surface area (Å²) in [6.45, 7) is 7.94. The van der Waals surface area contributed by atoms with Gasteiger partial charge < -0.3 is 10.5 Å². The van der Waals surface area contributed by atoms with Crippen molar-refractivity contribution in [3.8, 4) is 34.2 Å². The van der Waals surface area contributed by atoms with Gasteiger partial charge in [0.1, 0.15) is 11.3 Å². The monoisotopic (exact) mass is 500 g/mol. The molecular weight excluding hydrogens is 472 g/mol. The fraction of sp³-hybridized carbons (Fsp3) is 0.214. The zero-order valence-corrected chi connectivity index (χ0v) is 21.6. The number of aromatic nitrogens is 5. The number of nitrogens with zero attached hydrogens (tertiary/aromatic N) is 5. The molecule has 0 amide bonds. The zero-order chi connectivity index (χ0) is 25.7. The van der Waals surface area contributed by atoms with Crippen molar-refractivity contribution < 1.29 is 4.74 Å². The first-order valence-corrected chi connectivity index (χ1v) is 12.5. The maximum absolute atomic E-state index is 6.21. The molecule has 1 aromatic carbocycles. The number of halogens is 1. The number of imidazole rings is 1. The summed E-state index contributed by atoms with van der Waals surface area (Å²) in [4.78, 5) is 18.5. The maximum atomic E-state index is 6.21. The molecule has 0 aliphatic heterocycles. The Bertz CT molecular complexity index is 1450. The average Bonchev–Trinajstić information content (AvgIpc) is 3.29. The topological polar surface area (TPSA) is 91.7 Å². The van der Waals surface area contributed by atoms with Crippen LogP contribution >= 0.6 is 11.6 Å². The van der Waals surface area contributed by atoms with Crippen LogP contribution < -0.4 is 10.5 Å². The molecule has 0 spiro atoms. The molecule has 0 fully saturated rings. The number of alkyl halides is 1. The maximum Gasteiger partial charge on any atom is 0.213 e. The number of anilines is 1. The van der Waals surface area contributed by atoms with Crippen molar-refractivity contribution in [1.82, 2.24) is 24.5 Å². The third-order valence-electron chi connectivity index (χ3n) is 5.32. The summed E-state index contributed by atoms with van der Waals surface area (Å²) >= 11 is 6.00. The van der Waals surface area contributed by atoms with Gasteiger partial charge in [0.05, 0.1) is 17.4 Å². The standard InChI is InChI=1S/C26H23ClN6O.C2H6/c1-16(2)34-23-12-7-18(15-30-23)21-10-11-22-26(31-21)33(19-8-5-17(14-27)6-9-19)25(32-22)20-4-3-13-29-24(20)28;1-2/h3-13,15-16H,14H2,1-2H3,(H2,28,29);1-2H3. The van der Waals surface area contributed by atoms with E-state index in [-0.39, 0.29) is 6.10 Å². The van der Waals surface area contributed by atoms with Gasteiger partial charge in [0.25, 0.3) is 0 Å². The summed E-state index contributed by atoms with van der Waals surface area (Å²) in [5, 5.41) is 0. The second-order valence-electron chi connectivity index (χ2n) is 8.10. The van der Waals surface area contributed by atoms with Crippen LogP contribution in [0.15, 0.2) is 73.1 Å². The Kier molecular flexibility index (Phi) is 7.80. The van der Waals surface area contributed by atoms with Crippen LogP contribution in [0.2, 0.25) is 0 Å². The molecule has 5 aromatic rings. The van der Waals surface area contributed by atoms with E-state index in [1.165, 1.54) is 0 Å². The van der Waals surface area contributed by atoms with E-state index in [2.05, 4.69) is 9.97 Å². The van der Waals surface area contributed by atoms with Crippen LogP contribution in [0.3, 0.4) is 0 Å². The first-order chi connectivity index (χ1) is 17.5. The number of nitrogen functional groups attached to an aromatic ring is 1. The summed E-state index contributed by atoms with van der Waals surface area (Å²) in [5.41, 5.74) is 12.0. The highest BCUT2D eigenvalue weighted by Crippen LogP contribution is 2.32. The lowest BCUT2D eigenvalue weighted by Crippen LogP contribution is -2.06. The molecule has 0 unspecified atom stereocenters. The number of nitrogens with two attached hydrogens (primary N) is 1. The number of ether oxygens (including phenoxy) is 1. The number of pyridine rings is 3. The normalized spacial score (nSPS) is 10.8. The number of rotatable bonds is 6. The predicted molar refractivity (Wildman–Crippen MR) is 146 cm³/mol. The van der Waals surface area contributed by atoms with Crippen LogP contribution in [-0.2, 0) is 5.88 Å². The minimum atomic E-state index is 0.0608. The van der Waals surface area contributed by atoms with Gasteiger partial charge in [-0.3, -0.25) is 4.57 Å². The minimum Gasteiger partial charge on any atom is -0.475 e. The highest BCUT2D eigenvalue weighted by molar-refractivity contribution is 6.17. The Morgan fingerprint density at radius 2 is 1.72 bits per heavy atom. The lowest BCUT2D eigenvalue weighted by Gasteiger charge is -2.11. The van der Waals surface area contributed by atoms with Crippen molar-refractivity contribution in [2.45, 2.75) is 39.7 Å². The van der Waals surface area contributed by atoms with Crippen molar-refractivity contribution in [1.29, 1.82) is 0 Å². The molecule has 5 rings (SSSR count). The van der Waals surface area contributed by atoms with Gasteiger partial charge in [-0.15, -0.1) is 11.6 Å². The first kappa shape index (κ1) is 25.1. The van der Waals surface area contributed by atoms with Gasteiger partial charge in [-0.1, -0.05) is 26.0 Å². The fourth-order valence-corrected chi connectivity index (χ4v) is 3.91. The van der Waals surface area contributed by atoms with Crippen molar-refractivity contribution in [2.75, 3.05) is 5.73 Å². The van der Waals surface area contributed by atoms with E-state index >= 15 is 0 Å². The second kappa shape index (κ2) is 11.2. The van der Waals surface area contributed by atoms with Gasteiger partial charge in [-0.2, -0.15) is 0 Å². The molecule has 0 aliphatic carbocycles. The lowest BCUT2D eigenvalue weighted by molar-refractivity contribution is 0.232. The number of hydrogen-bond acceptors (Lipinski definition) is 6. The van der Waals surface area contributed by atoms with Gasteiger partial charge in [0.15, 0.2) is 11.5 Å². The third-order valence-corrected chi connectivity index (χ3v) is 5.63. The van der Waals surface area contributed by atoms with Crippen LogP contribution in [-0.4, -0.2) is 30.6 Å². The van der Waals surface area contributed by atoms with E-state index in [0.29, 0.717) is 29.0 Å². The van der Waals surface area contributed by atoms with E-state index in [1.807, 2.05) is 92.9 Å². The fourth-order valence-electron chi connectivity index (χ4n) is 3.73. The van der Waals surface area contributed by atoms with E-state index in [0.717, 1.165) is 33.6 Å². The summed E-state index contributed by atoms with van der Waals surface area (Å²) in [6, 6.07) is 19.4. The molecule has 2 N–H and O–H groups in total. The van der Waals surface area contributed by atoms with E-state index in [9.17, 15) is 0 Å². The largest absolute Gasteiger partial charge is 0.475 e. The van der Waals surface area contributed by atoms with Crippen LogP contribution in [0.4, 0.5) is 5.82 Å². The smallest absolute Gasteiger partial charge is 0.213 e. The van der Waals surface area contributed by atoms with E-state index in [4.69, 9.17) is 32.0 Å². The molecule has 184 valence electrons. The molecule has 36 heavy (non-hydrogen) atoms. The SMILES string of the molecule is CC.CC(C)Oc1ccc(-c2ccc3nc(-c4cccnc4N)n(-c4ccc(CCl)cc4)c3n2)cn1. The van der Waals surface area contributed by atoms with Gasteiger partial charge >= 0.3 is 0 Å². The highest BCUT2D eigenvalue weighted by Gasteiger charge is 2.18. The Morgan fingerprint density at radius 1 is 0.944 bits per heavy atom. The highest BCUT2D eigenvalue weighted by atomic mass is 35.5. The van der Waals surface area contributed by atoms with Crippen LogP contribution in [0.25, 0.3) is 39.5 Å². The van der Waals surface area contributed by atoms with Crippen molar-refractivity contribution in [2.24, 2.45) is 0 Å². The Labute approximate surface area is 216 Å². The molecule has 0 radical (unpaired) electrons. The summed E-state index contributed by atoms with van der Waals surface area (Å²) < 4.78 is 7.66. The summed E-state index contributed by atoms with van der Waals surface area (Å²) in [6.07, 6.45) is 3.49. The predicted octanol–water partition coefficient (Wildman–Crippen LogP) is 6.68. The molecule has 0 atom stereocenters. The molecule has 8 heteroatoms. The van der Waals surface area contributed by atoms with Crippen molar-refractivity contribution in [3.63, 3.8) is 0 Å². The van der Waals surface area contributed by atoms with Gasteiger partial charge in [-0.05, 0) is 61.9 Å². The first-order valence-electron chi connectivity index (χ1n) is 11.9. The molecule has 0 aliphatic rings. The Hall–Kier alpha value is -3.97. The van der Waals surface area contributed by atoms with Crippen molar-refractivity contribution in [3.05, 3.63) is 78.6 Å². The van der Waals surface area contributed by atoms with Gasteiger partial charge in [-0.25, -0.2) is 19.9 Å². The summed E-state index contributed by atoms with van der Waals surface area (Å²) in [5.74, 6) is 2.10. The minimum absolute atomic E-state index is 0.0608. The molecule has 0 saturated carbocycles. The third kappa shape index (κ3) is 5.16. The quantitative estimate of drug-likeness (QED) is 0.261. The average molecular weight is 501 g/mol. The molecule has 0 saturated heterocycles.